The quantitative estimate of drug-likeness (QED) is 0.856. The van der Waals surface area contributed by atoms with E-state index in [9.17, 15) is 0 Å². The molecule has 1 aromatic carbocycles. The number of nitrogen functional groups attached to an aromatic ring is 1. The number of para-hydroxylation sites is 1. The molecule has 0 radical (unpaired) electrons. The molecule has 0 atom stereocenters. The molecule has 0 unspecified atom stereocenters. The van der Waals surface area contributed by atoms with Crippen LogP contribution in [-0.2, 0) is 0 Å². The first kappa shape index (κ1) is 9.74. The van der Waals surface area contributed by atoms with Crippen molar-refractivity contribution >= 4 is 21.7 Å². The summed E-state index contributed by atoms with van der Waals surface area (Å²) in [7, 11) is 0. The normalized spacial score (nSPS) is 9.87. The van der Waals surface area contributed by atoms with Crippen LogP contribution in [0.25, 0.3) is 5.69 Å². The van der Waals surface area contributed by atoms with Crippen LogP contribution in [0.15, 0.2) is 34.9 Å². The molecule has 0 aliphatic rings. The van der Waals surface area contributed by atoms with Crippen LogP contribution < -0.4 is 5.73 Å². The molecule has 0 aliphatic heterocycles. The Balaban J connectivity index is 2.59. The number of nitriles is 1. The summed E-state index contributed by atoms with van der Waals surface area (Å²) in [6.07, 6.45) is 1.73. The summed E-state index contributed by atoms with van der Waals surface area (Å²) >= 11 is 3.27. The maximum absolute atomic E-state index is 8.92. The van der Waals surface area contributed by atoms with Gasteiger partial charge in [-0.2, -0.15) is 5.26 Å². The number of hydrogen-bond donors (Lipinski definition) is 1. The average Bonchev–Trinajstić information content (AvgIpc) is 2.59. The molecule has 4 nitrogen and oxygen atoms in total. The van der Waals surface area contributed by atoms with Crippen LogP contribution in [0.3, 0.4) is 0 Å². The summed E-state index contributed by atoms with van der Waals surface area (Å²) in [4.78, 5) is 0. The van der Waals surface area contributed by atoms with Gasteiger partial charge in [0, 0.05) is 6.20 Å². The minimum absolute atomic E-state index is 0.405. The van der Waals surface area contributed by atoms with E-state index in [1.165, 1.54) is 0 Å². The van der Waals surface area contributed by atoms with E-state index in [0.29, 0.717) is 11.4 Å². The van der Waals surface area contributed by atoms with Gasteiger partial charge in [0.05, 0.1) is 15.7 Å². The Kier molecular flexibility index (Phi) is 2.44. The van der Waals surface area contributed by atoms with E-state index < -0.39 is 0 Å². The van der Waals surface area contributed by atoms with Crippen molar-refractivity contribution in [3.05, 3.63) is 40.5 Å². The van der Waals surface area contributed by atoms with E-state index in [-0.39, 0.29) is 0 Å². The van der Waals surface area contributed by atoms with Gasteiger partial charge in [-0.1, -0.05) is 12.1 Å². The van der Waals surface area contributed by atoms with Crippen molar-refractivity contribution in [1.82, 2.24) is 9.78 Å². The highest BCUT2D eigenvalue weighted by molar-refractivity contribution is 9.10. The number of hydrogen-bond acceptors (Lipinski definition) is 3. The summed E-state index contributed by atoms with van der Waals surface area (Å²) in [6, 6.07) is 9.32. The van der Waals surface area contributed by atoms with E-state index in [1.807, 2.05) is 18.2 Å². The molecule has 5 heteroatoms. The van der Waals surface area contributed by atoms with E-state index in [4.69, 9.17) is 11.0 Å². The molecule has 74 valence electrons. The van der Waals surface area contributed by atoms with Crippen LogP contribution in [0.5, 0.6) is 0 Å². The van der Waals surface area contributed by atoms with E-state index >= 15 is 0 Å². The summed E-state index contributed by atoms with van der Waals surface area (Å²) < 4.78 is 2.30. The molecule has 0 aliphatic carbocycles. The predicted octanol–water partition coefficient (Wildman–Crippen LogP) is 2.09. The number of rotatable bonds is 1. The van der Waals surface area contributed by atoms with Gasteiger partial charge in [-0.3, -0.25) is 0 Å². The van der Waals surface area contributed by atoms with Gasteiger partial charge >= 0.3 is 0 Å². The first-order chi connectivity index (χ1) is 7.22. The van der Waals surface area contributed by atoms with Crippen molar-refractivity contribution in [2.45, 2.75) is 0 Å². The van der Waals surface area contributed by atoms with Crippen molar-refractivity contribution in [2.75, 3.05) is 5.73 Å². The third kappa shape index (κ3) is 1.72. The number of benzene rings is 1. The van der Waals surface area contributed by atoms with Gasteiger partial charge in [-0.25, -0.2) is 4.68 Å². The highest BCUT2D eigenvalue weighted by Crippen LogP contribution is 2.20. The van der Waals surface area contributed by atoms with Crippen LogP contribution in [0.4, 0.5) is 5.82 Å². The van der Waals surface area contributed by atoms with Gasteiger partial charge in [0.1, 0.15) is 6.07 Å². The summed E-state index contributed by atoms with van der Waals surface area (Å²) in [5.41, 5.74) is 6.89. The zero-order valence-corrected chi connectivity index (χ0v) is 9.27. The topological polar surface area (TPSA) is 67.6 Å². The number of anilines is 1. The molecule has 0 fully saturated rings. The first-order valence-electron chi connectivity index (χ1n) is 4.22. The zero-order chi connectivity index (χ0) is 10.8. The molecule has 0 amide bonds. The van der Waals surface area contributed by atoms with Crippen molar-refractivity contribution in [3.63, 3.8) is 0 Å². The minimum atomic E-state index is 0.405. The second-order valence-electron chi connectivity index (χ2n) is 2.94. The van der Waals surface area contributed by atoms with E-state index in [2.05, 4.69) is 27.1 Å². The first-order valence-corrected chi connectivity index (χ1v) is 5.02. The number of nitrogens with zero attached hydrogens (tertiary/aromatic N) is 3. The minimum Gasteiger partial charge on any atom is -0.381 e. The van der Waals surface area contributed by atoms with Crippen LogP contribution in [0.1, 0.15) is 5.56 Å². The molecular weight excluding hydrogens is 256 g/mol. The fourth-order valence-corrected chi connectivity index (χ4v) is 1.53. The van der Waals surface area contributed by atoms with Crippen molar-refractivity contribution < 1.29 is 0 Å². The Morgan fingerprint density at radius 3 is 2.73 bits per heavy atom. The molecular formula is C10H7BrN4. The molecule has 0 saturated heterocycles. The predicted molar refractivity (Wildman–Crippen MR) is 60.4 cm³/mol. The summed E-state index contributed by atoms with van der Waals surface area (Å²) in [5, 5.41) is 13.0. The van der Waals surface area contributed by atoms with Gasteiger partial charge in [0.2, 0.25) is 0 Å². The van der Waals surface area contributed by atoms with Gasteiger partial charge in [-0.05, 0) is 28.1 Å². The Morgan fingerprint density at radius 2 is 2.13 bits per heavy atom. The number of nitrogens with two attached hydrogens (primary N) is 1. The van der Waals surface area contributed by atoms with Gasteiger partial charge < -0.3 is 5.73 Å². The molecule has 0 bridgehead atoms. The third-order valence-corrected chi connectivity index (χ3v) is 2.58. The maximum Gasteiger partial charge on any atom is 0.160 e. The van der Waals surface area contributed by atoms with E-state index in [1.54, 1.807) is 16.9 Å². The van der Waals surface area contributed by atoms with Crippen LogP contribution in [0.2, 0.25) is 0 Å². The monoisotopic (exact) mass is 262 g/mol. The fraction of sp³-hybridized carbons (Fsp3) is 0. The molecule has 2 aromatic rings. The Bertz CT molecular complexity index is 519. The Hall–Kier alpha value is -1.80. The summed E-state index contributed by atoms with van der Waals surface area (Å²) in [5.74, 6) is 0.405. The molecule has 2 rings (SSSR count). The van der Waals surface area contributed by atoms with Crippen LogP contribution in [0, 0.1) is 11.3 Å². The molecule has 15 heavy (non-hydrogen) atoms. The lowest BCUT2D eigenvalue weighted by atomic mass is 10.2. The zero-order valence-electron chi connectivity index (χ0n) is 7.68. The number of aromatic nitrogens is 2. The Labute approximate surface area is 95.1 Å². The highest BCUT2D eigenvalue weighted by Gasteiger charge is 2.07. The smallest absolute Gasteiger partial charge is 0.160 e. The lowest BCUT2D eigenvalue weighted by Crippen LogP contribution is -1.98. The standard InChI is InChI=1S/C10H7BrN4/c11-8-6-15(14-10(8)13)9-4-2-1-3-7(9)5-12/h1-4,6H,(H2,13,14). The second kappa shape index (κ2) is 3.75. The molecule has 0 spiro atoms. The van der Waals surface area contributed by atoms with Crippen LogP contribution >= 0.6 is 15.9 Å². The average molecular weight is 263 g/mol. The Morgan fingerprint density at radius 1 is 1.40 bits per heavy atom. The molecule has 1 aromatic heterocycles. The number of halogens is 1. The van der Waals surface area contributed by atoms with Crippen molar-refractivity contribution in [2.24, 2.45) is 0 Å². The molecule has 2 N–H and O–H groups in total. The highest BCUT2D eigenvalue weighted by atomic mass is 79.9. The summed E-state index contributed by atoms with van der Waals surface area (Å²) in [6.45, 7) is 0. The molecule has 0 saturated carbocycles. The SMILES string of the molecule is N#Cc1ccccc1-n1cc(Br)c(N)n1. The van der Waals surface area contributed by atoms with Gasteiger partial charge in [0.15, 0.2) is 5.82 Å². The van der Waals surface area contributed by atoms with E-state index in [0.717, 1.165) is 10.2 Å². The van der Waals surface area contributed by atoms with Gasteiger partial charge in [-0.15, -0.1) is 5.10 Å². The third-order valence-electron chi connectivity index (χ3n) is 1.97. The van der Waals surface area contributed by atoms with Gasteiger partial charge in [0.25, 0.3) is 0 Å². The molecule has 1 heterocycles. The largest absolute Gasteiger partial charge is 0.381 e. The second-order valence-corrected chi connectivity index (χ2v) is 3.79. The fourth-order valence-electron chi connectivity index (χ4n) is 1.26. The van der Waals surface area contributed by atoms with Crippen molar-refractivity contribution in [1.29, 1.82) is 5.26 Å². The lowest BCUT2D eigenvalue weighted by molar-refractivity contribution is 0.882. The lowest BCUT2D eigenvalue weighted by Gasteiger charge is -2.01. The van der Waals surface area contributed by atoms with Crippen LogP contribution in [-0.4, -0.2) is 9.78 Å². The maximum atomic E-state index is 8.92. The van der Waals surface area contributed by atoms with Crippen molar-refractivity contribution in [3.8, 4) is 11.8 Å².